The van der Waals surface area contributed by atoms with E-state index in [9.17, 15) is 0 Å². The molecule has 0 aliphatic carbocycles. The van der Waals surface area contributed by atoms with E-state index in [1.807, 2.05) is 7.05 Å². The summed E-state index contributed by atoms with van der Waals surface area (Å²) in [5.74, 6) is 1.78. The SMILES string of the molecule is CN=C(NCCc1ccc2ccccc2c1)N(C)CCC1CCOCC1. The Morgan fingerprint density at radius 2 is 1.92 bits per heavy atom. The molecule has 0 amide bonds. The Balaban J connectivity index is 1.45. The molecule has 0 aromatic heterocycles. The molecule has 2 aromatic rings. The van der Waals surface area contributed by atoms with Gasteiger partial charge in [-0.05, 0) is 47.9 Å². The number of nitrogens with zero attached hydrogens (tertiary/aromatic N) is 2. The number of rotatable bonds is 6. The van der Waals surface area contributed by atoms with Gasteiger partial charge in [0.25, 0.3) is 0 Å². The molecule has 1 saturated heterocycles. The monoisotopic (exact) mass is 353 g/mol. The summed E-state index contributed by atoms with van der Waals surface area (Å²) in [6.45, 7) is 3.78. The average Bonchev–Trinajstić information content (AvgIpc) is 2.70. The molecule has 1 N–H and O–H groups in total. The lowest BCUT2D eigenvalue weighted by molar-refractivity contribution is 0.0625. The zero-order chi connectivity index (χ0) is 18.2. The minimum atomic E-state index is 0.793. The summed E-state index contributed by atoms with van der Waals surface area (Å²) in [6, 6.07) is 15.2. The summed E-state index contributed by atoms with van der Waals surface area (Å²) in [7, 11) is 3.99. The van der Waals surface area contributed by atoms with Gasteiger partial charge >= 0.3 is 0 Å². The highest BCUT2D eigenvalue weighted by molar-refractivity contribution is 5.83. The van der Waals surface area contributed by atoms with Crippen molar-refractivity contribution >= 4 is 16.7 Å². The molecule has 0 radical (unpaired) electrons. The van der Waals surface area contributed by atoms with Gasteiger partial charge in [-0.3, -0.25) is 4.99 Å². The summed E-state index contributed by atoms with van der Waals surface area (Å²) in [4.78, 5) is 6.69. The molecule has 0 atom stereocenters. The molecule has 140 valence electrons. The topological polar surface area (TPSA) is 36.9 Å². The van der Waals surface area contributed by atoms with Gasteiger partial charge in [-0.2, -0.15) is 0 Å². The molecule has 1 fully saturated rings. The van der Waals surface area contributed by atoms with Gasteiger partial charge in [-0.25, -0.2) is 0 Å². The lowest BCUT2D eigenvalue weighted by Crippen LogP contribution is -2.40. The number of ether oxygens (including phenoxy) is 1. The predicted molar refractivity (Wildman–Crippen MR) is 110 cm³/mol. The van der Waals surface area contributed by atoms with Crippen molar-refractivity contribution in [3.05, 3.63) is 48.0 Å². The Hall–Kier alpha value is -2.07. The fourth-order valence-electron chi connectivity index (χ4n) is 3.61. The number of aliphatic imine (C=N–C) groups is 1. The largest absolute Gasteiger partial charge is 0.381 e. The van der Waals surface area contributed by atoms with Crippen molar-refractivity contribution in [1.29, 1.82) is 0 Å². The smallest absolute Gasteiger partial charge is 0.193 e. The molecule has 2 aromatic carbocycles. The zero-order valence-electron chi connectivity index (χ0n) is 16.1. The fourth-order valence-corrected chi connectivity index (χ4v) is 3.61. The second kappa shape index (κ2) is 9.58. The number of hydrogen-bond acceptors (Lipinski definition) is 2. The standard InChI is InChI=1S/C22H31N3O/c1-23-22(25(2)14-10-18-11-15-26-16-12-18)24-13-9-19-7-8-20-5-3-4-6-21(20)17-19/h3-8,17-18H,9-16H2,1-2H3,(H,23,24). The van der Waals surface area contributed by atoms with Crippen molar-refractivity contribution < 1.29 is 4.74 Å². The molecule has 26 heavy (non-hydrogen) atoms. The van der Waals surface area contributed by atoms with E-state index in [4.69, 9.17) is 4.74 Å². The molecule has 4 heteroatoms. The maximum Gasteiger partial charge on any atom is 0.193 e. The third-order valence-corrected chi connectivity index (χ3v) is 5.30. The molecule has 0 unspecified atom stereocenters. The van der Waals surface area contributed by atoms with Crippen LogP contribution in [0.5, 0.6) is 0 Å². The van der Waals surface area contributed by atoms with Crippen LogP contribution >= 0.6 is 0 Å². The first-order valence-corrected chi connectivity index (χ1v) is 9.73. The molecular formula is C22H31N3O. The zero-order valence-corrected chi connectivity index (χ0v) is 16.1. The van der Waals surface area contributed by atoms with Gasteiger partial charge in [-0.1, -0.05) is 42.5 Å². The van der Waals surface area contributed by atoms with E-state index in [0.29, 0.717) is 0 Å². The summed E-state index contributed by atoms with van der Waals surface area (Å²) >= 11 is 0. The molecule has 0 bridgehead atoms. The van der Waals surface area contributed by atoms with Crippen molar-refractivity contribution in [3.8, 4) is 0 Å². The van der Waals surface area contributed by atoms with E-state index in [1.165, 1.54) is 35.6 Å². The Morgan fingerprint density at radius 3 is 2.69 bits per heavy atom. The lowest BCUT2D eigenvalue weighted by atomic mass is 9.96. The maximum absolute atomic E-state index is 5.45. The van der Waals surface area contributed by atoms with E-state index in [2.05, 4.69) is 64.7 Å². The minimum Gasteiger partial charge on any atom is -0.381 e. The van der Waals surface area contributed by atoms with Gasteiger partial charge in [0.2, 0.25) is 0 Å². The first-order chi connectivity index (χ1) is 12.8. The molecule has 1 aliphatic heterocycles. The normalized spacial score (nSPS) is 16.0. The van der Waals surface area contributed by atoms with Crippen LogP contribution in [-0.4, -0.2) is 51.3 Å². The van der Waals surface area contributed by atoms with Crippen LogP contribution in [-0.2, 0) is 11.2 Å². The van der Waals surface area contributed by atoms with Crippen molar-refractivity contribution in [1.82, 2.24) is 10.2 Å². The van der Waals surface area contributed by atoms with Crippen LogP contribution in [0.3, 0.4) is 0 Å². The Labute approximate surface area is 157 Å². The molecule has 4 nitrogen and oxygen atoms in total. The van der Waals surface area contributed by atoms with Crippen LogP contribution in [0.1, 0.15) is 24.8 Å². The van der Waals surface area contributed by atoms with Gasteiger partial charge in [0.05, 0.1) is 0 Å². The highest BCUT2D eigenvalue weighted by Crippen LogP contribution is 2.18. The van der Waals surface area contributed by atoms with Crippen LogP contribution in [0.25, 0.3) is 10.8 Å². The van der Waals surface area contributed by atoms with E-state index in [0.717, 1.165) is 44.6 Å². The Kier molecular flexibility index (Phi) is 6.89. The summed E-state index contributed by atoms with van der Waals surface area (Å²) in [5, 5.41) is 6.11. The first kappa shape index (κ1) is 18.7. The van der Waals surface area contributed by atoms with E-state index < -0.39 is 0 Å². The predicted octanol–water partition coefficient (Wildman–Crippen LogP) is 3.71. The molecular weight excluding hydrogens is 322 g/mol. The van der Waals surface area contributed by atoms with Gasteiger partial charge in [-0.15, -0.1) is 0 Å². The molecule has 1 aliphatic rings. The van der Waals surface area contributed by atoms with Crippen molar-refractivity contribution in [3.63, 3.8) is 0 Å². The van der Waals surface area contributed by atoms with E-state index in [-0.39, 0.29) is 0 Å². The van der Waals surface area contributed by atoms with Gasteiger partial charge < -0.3 is 15.0 Å². The second-order valence-corrected chi connectivity index (χ2v) is 7.17. The number of fused-ring (bicyclic) bond motifs is 1. The van der Waals surface area contributed by atoms with Crippen molar-refractivity contribution in [2.75, 3.05) is 40.4 Å². The highest BCUT2D eigenvalue weighted by Gasteiger charge is 2.15. The fraction of sp³-hybridized carbons (Fsp3) is 0.500. The Morgan fingerprint density at radius 1 is 1.15 bits per heavy atom. The maximum atomic E-state index is 5.45. The Bertz CT molecular complexity index is 722. The van der Waals surface area contributed by atoms with Crippen LogP contribution in [0, 0.1) is 5.92 Å². The van der Waals surface area contributed by atoms with Crippen LogP contribution < -0.4 is 5.32 Å². The van der Waals surface area contributed by atoms with Gasteiger partial charge in [0.1, 0.15) is 0 Å². The number of benzene rings is 2. The number of guanidine groups is 1. The first-order valence-electron chi connectivity index (χ1n) is 9.73. The van der Waals surface area contributed by atoms with Crippen LogP contribution in [0.2, 0.25) is 0 Å². The third-order valence-electron chi connectivity index (χ3n) is 5.30. The second-order valence-electron chi connectivity index (χ2n) is 7.17. The number of nitrogens with one attached hydrogen (secondary N) is 1. The summed E-state index contributed by atoms with van der Waals surface area (Å²) in [5.41, 5.74) is 1.36. The van der Waals surface area contributed by atoms with E-state index >= 15 is 0 Å². The molecule has 1 heterocycles. The average molecular weight is 354 g/mol. The van der Waals surface area contributed by atoms with Gasteiger partial charge in [0, 0.05) is 40.4 Å². The van der Waals surface area contributed by atoms with Gasteiger partial charge in [0.15, 0.2) is 5.96 Å². The molecule has 3 rings (SSSR count). The lowest BCUT2D eigenvalue weighted by Gasteiger charge is -2.26. The van der Waals surface area contributed by atoms with E-state index in [1.54, 1.807) is 0 Å². The van der Waals surface area contributed by atoms with Crippen LogP contribution in [0.4, 0.5) is 0 Å². The molecule has 0 spiro atoms. The minimum absolute atomic E-state index is 0.793. The number of hydrogen-bond donors (Lipinski definition) is 1. The summed E-state index contributed by atoms with van der Waals surface area (Å²) < 4.78 is 5.45. The van der Waals surface area contributed by atoms with Crippen molar-refractivity contribution in [2.24, 2.45) is 10.9 Å². The highest BCUT2D eigenvalue weighted by atomic mass is 16.5. The van der Waals surface area contributed by atoms with Crippen LogP contribution in [0.15, 0.2) is 47.5 Å². The third kappa shape index (κ3) is 5.21. The quantitative estimate of drug-likeness (QED) is 0.635. The summed E-state index contributed by atoms with van der Waals surface area (Å²) in [6.07, 6.45) is 4.60. The van der Waals surface area contributed by atoms with Crippen molar-refractivity contribution in [2.45, 2.75) is 25.7 Å². The molecule has 0 saturated carbocycles.